The molecule has 1 amide bonds. The van der Waals surface area contributed by atoms with Crippen LogP contribution in [0, 0.1) is 0 Å². The van der Waals surface area contributed by atoms with Gasteiger partial charge < -0.3 is 19.9 Å². The van der Waals surface area contributed by atoms with Crippen LogP contribution in [0.15, 0.2) is 53.6 Å². The molecule has 1 fully saturated rings. The maximum Gasteiger partial charge on any atom is 0.261 e. The fourth-order valence-electron chi connectivity index (χ4n) is 4.91. The van der Waals surface area contributed by atoms with Crippen molar-refractivity contribution in [3.63, 3.8) is 0 Å². The molecule has 4 aromatic rings. The summed E-state index contributed by atoms with van der Waals surface area (Å²) in [6.45, 7) is 5.72. The molecule has 38 heavy (non-hydrogen) atoms. The zero-order valence-corrected chi connectivity index (χ0v) is 21.9. The van der Waals surface area contributed by atoms with E-state index in [2.05, 4.69) is 46.2 Å². The van der Waals surface area contributed by atoms with Crippen molar-refractivity contribution in [1.82, 2.24) is 34.8 Å². The van der Waals surface area contributed by atoms with E-state index in [9.17, 15) is 4.79 Å². The van der Waals surface area contributed by atoms with E-state index < -0.39 is 5.41 Å². The van der Waals surface area contributed by atoms with Gasteiger partial charge >= 0.3 is 0 Å². The summed E-state index contributed by atoms with van der Waals surface area (Å²) in [5.74, 6) is 1.23. The number of amides is 1. The Balaban J connectivity index is 1.33. The Morgan fingerprint density at radius 2 is 1.92 bits per heavy atom. The Hall–Kier alpha value is -4.12. The van der Waals surface area contributed by atoms with Gasteiger partial charge in [0, 0.05) is 44.4 Å². The highest BCUT2D eigenvalue weighted by Crippen LogP contribution is 2.36. The van der Waals surface area contributed by atoms with Crippen molar-refractivity contribution < 1.29 is 14.1 Å². The molecule has 5 rings (SSSR count). The van der Waals surface area contributed by atoms with Crippen LogP contribution in [0.1, 0.15) is 44.5 Å². The smallest absolute Gasteiger partial charge is 0.261 e. The number of rotatable bonds is 9. The minimum atomic E-state index is -0.452. The van der Waals surface area contributed by atoms with Crippen LogP contribution < -0.4 is 5.73 Å². The van der Waals surface area contributed by atoms with E-state index in [4.69, 9.17) is 20.0 Å². The summed E-state index contributed by atoms with van der Waals surface area (Å²) in [5, 5.41) is 8.70. The quantitative estimate of drug-likeness (QED) is 0.355. The number of methoxy groups -OCH3 is 1. The summed E-state index contributed by atoms with van der Waals surface area (Å²) in [5.41, 5.74) is 8.80. The molecule has 4 heterocycles. The number of nitrogens with zero attached hydrogens (tertiary/aromatic N) is 7. The van der Waals surface area contributed by atoms with Crippen LogP contribution in [0.2, 0.25) is 0 Å². The Kier molecular flexibility index (Phi) is 7.19. The Bertz CT molecular complexity index is 1380. The van der Waals surface area contributed by atoms with E-state index >= 15 is 0 Å². The van der Waals surface area contributed by atoms with E-state index in [1.165, 1.54) is 0 Å². The highest BCUT2D eigenvalue weighted by Gasteiger charge is 2.34. The molecule has 2 atom stereocenters. The van der Waals surface area contributed by atoms with E-state index in [1.54, 1.807) is 36.6 Å². The average Bonchev–Trinajstić information content (AvgIpc) is 3.70. The van der Waals surface area contributed by atoms with Gasteiger partial charge in [0.1, 0.15) is 6.54 Å². The van der Waals surface area contributed by atoms with Gasteiger partial charge in [-0.1, -0.05) is 42.8 Å². The lowest BCUT2D eigenvalue weighted by molar-refractivity contribution is -0.131. The molecule has 0 saturated carbocycles. The molecule has 1 aromatic carbocycles. The van der Waals surface area contributed by atoms with Crippen LogP contribution in [-0.2, 0) is 21.5 Å². The molecule has 0 bridgehead atoms. The molecule has 3 aromatic heterocycles. The summed E-state index contributed by atoms with van der Waals surface area (Å²) in [7, 11) is 1.68. The maximum atomic E-state index is 12.7. The Labute approximate surface area is 221 Å². The van der Waals surface area contributed by atoms with Gasteiger partial charge in [-0.05, 0) is 30.9 Å². The van der Waals surface area contributed by atoms with Gasteiger partial charge in [0.05, 0.1) is 23.3 Å². The molecular weight excluding hydrogens is 484 g/mol. The third kappa shape index (κ3) is 5.14. The first-order valence-electron chi connectivity index (χ1n) is 12.8. The molecule has 0 aliphatic carbocycles. The van der Waals surface area contributed by atoms with E-state index in [0.717, 1.165) is 36.0 Å². The fourth-order valence-corrected chi connectivity index (χ4v) is 4.91. The largest absolute Gasteiger partial charge is 0.380 e. The fraction of sp³-hybridized carbons (Fsp3) is 0.407. The number of nitrogen functional groups attached to an aromatic ring is 1. The number of hydrogen-bond donors (Lipinski definition) is 1. The first-order valence-corrected chi connectivity index (χ1v) is 12.8. The Morgan fingerprint density at radius 1 is 1.16 bits per heavy atom. The van der Waals surface area contributed by atoms with Gasteiger partial charge in [-0.2, -0.15) is 10.1 Å². The van der Waals surface area contributed by atoms with Crippen LogP contribution >= 0.6 is 0 Å². The zero-order valence-electron chi connectivity index (χ0n) is 21.9. The molecule has 1 aliphatic rings. The minimum Gasteiger partial charge on any atom is -0.380 e. The van der Waals surface area contributed by atoms with Crippen LogP contribution in [0.4, 0.5) is 5.95 Å². The maximum absolute atomic E-state index is 12.7. The number of ether oxygens (including phenoxy) is 1. The van der Waals surface area contributed by atoms with Gasteiger partial charge in [-0.3, -0.25) is 9.48 Å². The summed E-state index contributed by atoms with van der Waals surface area (Å²) in [6.07, 6.45) is 9.56. The number of benzene rings is 1. The second-order valence-electron chi connectivity index (χ2n) is 9.83. The van der Waals surface area contributed by atoms with Crippen LogP contribution in [0.5, 0.6) is 0 Å². The number of carbonyl (C=O) groups excluding carboxylic acids is 1. The average molecular weight is 517 g/mol. The number of likely N-dealkylation sites (tertiary alicyclic amines) is 1. The molecule has 198 valence electrons. The molecule has 0 spiro atoms. The van der Waals surface area contributed by atoms with Crippen LogP contribution in [-0.4, -0.2) is 67.0 Å². The first-order chi connectivity index (χ1) is 18.4. The SMILES string of the molecule is CCC[C@](C)(c1ccc(-c2cnc(N)nc2)cc1)c1noc(-c2cnn(CC(=O)N3CC[C@@H](OC)C3)c2)n1. The highest BCUT2D eigenvalue weighted by molar-refractivity contribution is 5.76. The highest BCUT2D eigenvalue weighted by atomic mass is 16.5. The monoisotopic (exact) mass is 516 g/mol. The predicted molar refractivity (Wildman–Crippen MR) is 141 cm³/mol. The molecule has 11 heteroatoms. The topological polar surface area (TPSA) is 138 Å². The van der Waals surface area contributed by atoms with Crippen molar-refractivity contribution in [3.05, 3.63) is 60.4 Å². The van der Waals surface area contributed by atoms with Crippen LogP contribution in [0.25, 0.3) is 22.6 Å². The third-order valence-corrected chi connectivity index (χ3v) is 7.21. The van der Waals surface area contributed by atoms with E-state index in [1.807, 2.05) is 17.0 Å². The second kappa shape index (κ2) is 10.7. The zero-order chi connectivity index (χ0) is 26.7. The first kappa shape index (κ1) is 25.5. The van der Waals surface area contributed by atoms with Crippen LogP contribution in [0.3, 0.4) is 0 Å². The van der Waals surface area contributed by atoms with Gasteiger partial charge in [0.2, 0.25) is 11.9 Å². The molecule has 1 saturated heterocycles. The number of hydrogen-bond acceptors (Lipinski definition) is 9. The summed E-state index contributed by atoms with van der Waals surface area (Å²) in [6, 6.07) is 8.23. The second-order valence-corrected chi connectivity index (χ2v) is 9.83. The molecule has 1 aliphatic heterocycles. The van der Waals surface area contributed by atoms with Crippen molar-refractivity contribution >= 4 is 11.9 Å². The molecular formula is C27H32N8O3. The van der Waals surface area contributed by atoms with Crippen molar-refractivity contribution in [2.45, 2.75) is 51.2 Å². The number of anilines is 1. The molecule has 2 N–H and O–H groups in total. The number of aromatic nitrogens is 6. The third-order valence-electron chi connectivity index (χ3n) is 7.21. The van der Waals surface area contributed by atoms with Crippen molar-refractivity contribution in [3.8, 4) is 22.6 Å². The summed E-state index contributed by atoms with van der Waals surface area (Å²) < 4.78 is 12.6. The number of nitrogens with two attached hydrogens (primary N) is 1. The minimum absolute atomic E-state index is 0.00918. The molecule has 0 unspecified atom stereocenters. The molecule has 0 radical (unpaired) electrons. The van der Waals surface area contributed by atoms with Gasteiger partial charge in [-0.15, -0.1) is 0 Å². The van der Waals surface area contributed by atoms with Crippen molar-refractivity contribution in [1.29, 1.82) is 0 Å². The normalized spacial score (nSPS) is 17.0. The lowest BCUT2D eigenvalue weighted by Crippen LogP contribution is -2.32. The van der Waals surface area contributed by atoms with E-state index in [0.29, 0.717) is 30.4 Å². The summed E-state index contributed by atoms with van der Waals surface area (Å²) >= 11 is 0. The lowest BCUT2D eigenvalue weighted by atomic mass is 9.77. The predicted octanol–water partition coefficient (Wildman–Crippen LogP) is 3.33. The Morgan fingerprint density at radius 3 is 2.61 bits per heavy atom. The molecule has 11 nitrogen and oxygen atoms in total. The number of carbonyl (C=O) groups is 1. The van der Waals surface area contributed by atoms with Gasteiger partial charge in [-0.25, -0.2) is 9.97 Å². The van der Waals surface area contributed by atoms with Crippen molar-refractivity contribution in [2.24, 2.45) is 0 Å². The van der Waals surface area contributed by atoms with Crippen molar-refractivity contribution in [2.75, 3.05) is 25.9 Å². The lowest BCUT2D eigenvalue weighted by Gasteiger charge is -2.26. The summed E-state index contributed by atoms with van der Waals surface area (Å²) in [4.78, 5) is 27.4. The standard InChI is InChI=1S/C27H32N8O3/c1-4-10-27(2,21-7-5-18(6-8-21)19-12-29-26(28)30-13-19)25-32-24(38-33-25)20-14-31-35(15-20)17-23(36)34-11-9-22(16-34)37-3/h5-8,12-15,22H,4,9-11,16-17H2,1-3H3,(H2,28,29,30)/t22-,27-/m1/s1. The van der Waals surface area contributed by atoms with Gasteiger partial charge in [0.15, 0.2) is 5.82 Å². The van der Waals surface area contributed by atoms with E-state index in [-0.39, 0.29) is 24.5 Å². The van der Waals surface area contributed by atoms with Gasteiger partial charge in [0.25, 0.3) is 5.89 Å².